The van der Waals surface area contributed by atoms with Crippen LogP contribution in [0.3, 0.4) is 0 Å². The van der Waals surface area contributed by atoms with Gasteiger partial charge in [0.05, 0.1) is 24.2 Å². The van der Waals surface area contributed by atoms with Crippen LogP contribution < -0.4 is 10.1 Å². The van der Waals surface area contributed by atoms with E-state index in [2.05, 4.69) is 5.32 Å². The number of nitrogens with one attached hydrogen (secondary N) is 1. The number of ether oxygens (including phenoxy) is 1. The molecule has 0 radical (unpaired) electrons. The summed E-state index contributed by atoms with van der Waals surface area (Å²) in [6, 6.07) is 4.52. The van der Waals surface area contributed by atoms with Gasteiger partial charge in [-0.15, -0.1) is 0 Å². The van der Waals surface area contributed by atoms with Crippen LogP contribution in [0.15, 0.2) is 18.2 Å². The second-order valence-electron chi connectivity index (χ2n) is 4.20. The van der Waals surface area contributed by atoms with Gasteiger partial charge in [0.15, 0.2) is 0 Å². The van der Waals surface area contributed by atoms with Crippen LogP contribution in [-0.2, 0) is 0 Å². The maximum atomic E-state index is 10.9. The molecule has 1 saturated carbocycles. The largest absolute Gasteiger partial charge is 0.497 e. The van der Waals surface area contributed by atoms with Crippen LogP contribution in [0.2, 0.25) is 0 Å². The second kappa shape index (κ2) is 4.21. The lowest BCUT2D eigenvalue weighted by molar-refractivity contribution is -0.384. The zero-order chi connectivity index (χ0) is 12.5. The third-order valence-electron chi connectivity index (χ3n) is 2.96. The Hall–Kier alpha value is -1.82. The van der Waals surface area contributed by atoms with Crippen LogP contribution >= 0.6 is 0 Å². The molecule has 92 valence electrons. The fourth-order valence-corrected chi connectivity index (χ4v) is 1.66. The predicted octanol–water partition coefficient (Wildman–Crippen LogP) is 1.54. The molecule has 0 heterocycles. The van der Waals surface area contributed by atoms with E-state index < -0.39 is 10.5 Å². The van der Waals surface area contributed by atoms with Crippen molar-refractivity contribution < 1.29 is 14.8 Å². The van der Waals surface area contributed by atoms with Crippen molar-refractivity contribution in [3.8, 4) is 5.75 Å². The number of aliphatic hydroxyl groups is 1. The molecule has 2 rings (SSSR count). The van der Waals surface area contributed by atoms with E-state index in [1.54, 1.807) is 12.1 Å². The van der Waals surface area contributed by atoms with Crippen LogP contribution in [0.25, 0.3) is 0 Å². The SMILES string of the molecule is COc1ccc([N+](=O)[O-])c(NC2(CO)CC2)c1. The summed E-state index contributed by atoms with van der Waals surface area (Å²) in [6.07, 6.45) is 1.63. The summed E-state index contributed by atoms with van der Waals surface area (Å²) in [5.74, 6) is 0.548. The highest BCUT2D eigenvalue weighted by molar-refractivity contribution is 5.66. The van der Waals surface area contributed by atoms with Crippen molar-refractivity contribution in [2.45, 2.75) is 18.4 Å². The van der Waals surface area contributed by atoms with E-state index in [9.17, 15) is 15.2 Å². The average molecular weight is 238 g/mol. The summed E-state index contributed by atoms with van der Waals surface area (Å²) in [4.78, 5) is 10.4. The third kappa shape index (κ3) is 2.31. The molecule has 6 nitrogen and oxygen atoms in total. The first kappa shape index (κ1) is 11.7. The Kier molecular flexibility index (Phi) is 2.89. The van der Waals surface area contributed by atoms with Crippen LogP contribution in [0, 0.1) is 10.1 Å². The van der Waals surface area contributed by atoms with Gasteiger partial charge < -0.3 is 15.2 Å². The quantitative estimate of drug-likeness (QED) is 0.600. The topological polar surface area (TPSA) is 84.6 Å². The molecule has 1 aliphatic carbocycles. The number of methoxy groups -OCH3 is 1. The molecular weight excluding hydrogens is 224 g/mol. The first-order valence-corrected chi connectivity index (χ1v) is 5.32. The zero-order valence-electron chi connectivity index (χ0n) is 9.47. The van der Waals surface area contributed by atoms with Gasteiger partial charge in [-0.2, -0.15) is 0 Å². The normalized spacial score (nSPS) is 16.4. The molecule has 0 aromatic heterocycles. The Labute approximate surface area is 98.4 Å². The number of anilines is 1. The number of nitro groups is 1. The lowest BCUT2D eigenvalue weighted by Gasteiger charge is -2.16. The number of nitro benzene ring substituents is 1. The highest BCUT2D eigenvalue weighted by atomic mass is 16.6. The van der Waals surface area contributed by atoms with Gasteiger partial charge >= 0.3 is 0 Å². The van der Waals surface area contributed by atoms with Gasteiger partial charge in [0.1, 0.15) is 11.4 Å². The molecule has 0 aliphatic heterocycles. The smallest absolute Gasteiger partial charge is 0.292 e. The van der Waals surface area contributed by atoms with Gasteiger partial charge in [-0.1, -0.05) is 0 Å². The first-order chi connectivity index (χ1) is 8.10. The molecule has 1 aromatic carbocycles. The summed E-state index contributed by atoms with van der Waals surface area (Å²) < 4.78 is 5.03. The molecule has 0 atom stereocenters. The van der Waals surface area contributed by atoms with Crippen LogP contribution in [0.5, 0.6) is 5.75 Å². The van der Waals surface area contributed by atoms with E-state index in [1.807, 2.05) is 0 Å². The van der Waals surface area contributed by atoms with Gasteiger partial charge in [-0.25, -0.2) is 0 Å². The number of hydrogen-bond acceptors (Lipinski definition) is 5. The van der Waals surface area contributed by atoms with Crippen molar-refractivity contribution >= 4 is 11.4 Å². The van der Waals surface area contributed by atoms with E-state index in [4.69, 9.17) is 4.74 Å². The van der Waals surface area contributed by atoms with Crippen LogP contribution in [0.1, 0.15) is 12.8 Å². The van der Waals surface area contributed by atoms with Crippen molar-refractivity contribution in [1.29, 1.82) is 0 Å². The molecule has 0 unspecified atom stereocenters. The van der Waals surface area contributed by atoms with Gasteiger partial charge in [-0.05, 0) is 18.9 Å². The van der Waals surface area contributed by atoms with Crippen LogP contribution in [0.4, 0.5) is 11.4 Å². The molecule has 0 saturated heterocycles. The van der Waals surface area contributed by atoms with E-state index >= 15 is 0 Å². The monoisotopic (exact) mass is 238 g/mol. The van der Waals surface area contributed by atoms with Crippen molar-refractivity contribution in [2.24, 2.45) is 0 Å². The molecule has 1 aromatic rings. The number of benzene rings is 1. The highest BCUT2D eigenvalue weighted by Crippen LogP contribution is 2.41. The predicted molar refractivity (Wildman–Crippen MR) is 62.3 cm³/mol. The standard InChI is InChI=1S/C11H14N2O4/c1-17-8-2-3-10(13(15)16)9(6-8)12-11(7-14)4-5-11/h2-3,6,12,14H,4-5,7H2,1H3. The Balaban J connectivity index is 2.31. The minimum absolute atomic E-state index is 0.00877. The molecular formula is C11H14N2O4. The lowest BCUT2D eigenvalue weighted by atomic mass is 10.2. The molecule has 1 fully saturated rings. The summed E-state index contributed by atoms with van der Waals surface area (Å²) in [5.41, 5.74) is -0.0108. The second-order valence-corrected chi connectivity index (χ2v) is 4.20. The Morgan fingerprint density at radius 1 is 1.59 bits per heavy atom. The van der Waals surface area contributed by atoms with Crippen molar-refractivity contribution in [1.82, 2.24) is 0 Å². The molecule has 0 amide bonds. The lowest BCUT2D eigenvalue weighted by Crippen LogP contribution is -2.26. The molecule has 1 aliphatic rings. The molecule has 17 heavy (non-hydrogen) atoms. The fourth-order valence-electron chi connectivity index (χ4n) is 1.66. The summed E-state index contributed by atoms with van der Waals surface area (Å²) in [7, 11) is 1.50. The van der Waals surface area contributed by atoms with Gasteiger partial charge in [0.25, 0.3) is 5.69 Å². The highest BCUT2D eigenvalue weighted by Gasteiger charge is 2.43. The molecule has 0 spiro atoms. The van der Waals surface area contributed by atoms with Crippen molar-refractivity contribution in [2.75, 3.05) is 19.0 Å². The number of rotatable bonds is 5. The van der Waals surface area contributed by atoms with E-state index in [0.717, 1.165) is 12.8 Å². The van der Waals surface area contributed by atoms with E-state index in [1.165, 1.54) is 13.2 Å². The van der Waals surface area contributed by atoms with E-state index in [-0.39, 0.29) is 12.3 Å². The van der Waals surface area contributed by atoms with Gasteiger partial charge in [0, 0.05) is 12.1 Å². The van der Waals surface area contributed by atoms with E-state index in [0.29, 0.717) is 11.4 Å². The third-order valence-corrected chi connectivity index (χ3v) is 2.96. The minimum Gasteiger partial charge on any atom is -0.497 e. The number of aliphatic hydroxyl groups excluding tert-OH is 1. The van der Waals surface area contributed by atoms with Gasteiger partial charge in [-0.3, -0.25) is 10.1 Å². The molecule has 0 bridgehead atoms. The summed E-state index contributed by atoms with van der Waals surface area (Å²) >= 11 is 0. The average Bonchev–Trinajstić information content (AvgIpc) is 3.09. The maximum absolute atomic E-state index is 10.9. The minimum atomic E-state index is -0.449. The van der Waals surface area contributed by atoms with Crippen LogP contribution in [-0.4, -0.2) is 29.3 Å². The van der Waals surface area contributed by atoms with Gasteiger partial charge in [0.2, 0.25) is 0 Å². The zero-order valence-corrected chi connectivity index (χ0v) is 9.47. The van der Waals surface area contributed by atoms with Crippen molar-refractivity contribution in [3.63, 3.8) is 0 Å². The Morgan fingerprint density at radius 2 is 2.29 bits per heavy atom. The maximum Gasteiger partial charge on any atom is 0.292 e. The van der Waals surface area contributed by atoms with Crippen molar-refractivity contribution in [3.05, 3.63) is 28.3 Å². The number of hydrogen-bond donors (Lipinski definition) is 2. The Morgan fingerprint density at radius 3 is 2.76 bits per heavy atom. The summed E-state index contributed by atoms with van der Waals surface area (Å²) in [5, 5.41) is 23.1. The Bertz CT molecular complexity index is 443. The summed E-state index contributed by atoms with van der Waals surface area (Å²) in [6.45, 7) is -0.0264. The molecule has 2 N–H and O–H groups in total. The number of nitrogens with zero attached hydrogens (tertiary/aromatic N) is 1. The fraction of sp³-hybridized carbons (Fsp3) is 0.455. The first-order valence-electron chi connectivity index (χ1n) is 5.32. The molecule has 6 heteroatoms.